The molecule has 0 bridgehead atoms. The Morgan fingerprint density at radius 2 is 2.08 bits per heavy atom. The fraction of sp³-hybridized carbons (Fsp3) is 0.412. The van der Waals surface area contributed by atoms with Gasteiger partial charge in [-0.1, -0.05) is 18.2 Å². The first kappa shape index (κ1) is 15.1. The fourth-order valence-corrected chi connectivity index (χ4v) is 2.98. The van der Waals surface area contributed by atoms with E-state index >= 15 is 0 Å². The van der Waals surface area contributed by atoms with E-state index in [1.54, 1.807) is 15.6 Å². The summed E-state index contributed by atoms with van der Waals surface area (Å²) < 4.78 is 25.1. The van der Waals surface area contributed by atoms with Gasteiger partial charge in [0.2, 0.25) is 6.36 Å². The van der Waals surface area contributed by atoms with E-state index in [4.69, 9.17) is 9.47 Å². The van der Waals surface area contributed by atoms with Crippen LogP contribution in [0, 0.1) is 0 Å². The number of benzene rings is 1. The average Bonchev–Trinajstić information content (AvgIpc) is 2.99. The molecule has 0 N–H and O–H groups in total. The molecule has 4 rings (SSSR count). The van der Waals surface area contributed by atoms with Crippen molar-refractivity contribution in [1.82, 2.24) is 14.7 Å². The number of alkyl halides is 1. The highest BCUT2D eigenvalue weighted by Gasteiger charge is 2.35. The highest BCUT2D eigenvalue weighted by Crippen LogP contribution is 2.24. The van der Waals surface area contributed by atoms with E-state index < -0.39 is 6.36 Å². The third-order valence-electron chi connectivity index (χ3n) is 4.26. The molecule has 0 saturated carbocycles. The van der Waals surface area contributed by atoms with E-state index in [2.05, 4.69) is 5.10 Å². The van der Waals surface area contributed by atoms with Gasteiger partial charge in [-0.05, 0) is 18.2 Å². The number of nitrogens with zero attached hydrogens (tertiary/aromatic N) is 3. The molecule has 2 aromatic rings. The third-order valence-corrected chi connectivity index (χ3v) is 4.26. The van der Waals surface area contributed by atoms with Gasteiger partial charge in [0.05, 0.1) is 12.6 Å². The lowest BCUT2D eigenvalue weighted by Gasteiger charge is -2.36. The minimum absolute atomic E-state index is 0.0920. The maximum Gasteiger partial charge on any atom is 0.272 e. The molecule has 1 saturated heterocycles. The normalized spacial score (nSPS) is 22.9. The number of aromatic nitrogens is 2. The van der Waals surface area contributed by atoms with Crippen LogP contribution in [-0.4, -0.2) is 46.1 Å². The Hall–Kier alpha value is -2.41. The highest BCUT2D eigenvalue weighted by atomic mass is 19.1. The molecule has 3 heterocycles. The molecule has 2 aliphatic heterocycles. The summed E-state index contributed by atoms with van der Waals surface area (Å²) >= 11 is 0. The Kier molecular flexibility index (Phi) is 3.93. The minimum atomic E-state index is -1.18. The van der Waals surface area contributed by atoms with Gasteiger partial charge in [0.15, 0.2) is 0 Å². The molecule has 6 nitrogen and oxygen atoms in total. The number of halogens is 1. The van der Waals surface area contributed by atoms with Gasteiger partial charge < -0.3 is 14.4 Å². The molecule has 2 aliphatic rings. The molecule has 2 unspecified atom stereocenters. The topological polar surface area (TPSA) is 56.6 Å². The number of rotatable bonds is 5. The Bertz CT molecular complexity index is 728. The van der Waals surface area contributed by atoms with Crippen LogP contribution in [0.5, 0.6) is 5.75 Å². The molecule has 1 aromatic carbocycles. The van der Waals surface area contributed by atoms with E-state index in [1.807, 2.05) is 30.3 Å². The first-order valence-electron chi connectivity index (χ1n) is 8.02. The van der Waals surface area contributed by atoms with Crippen LogP contribution in [0.15, 0.2) is 36.4 Å². The molecule has 0 aliphatic carbocycles. The molecule has 0 spiro atoms. The van der Waals surface area contributed by atoms with Crippen LogP contribution < -0.4 is 4.74 Å². The van der Waals surface area contributed by atoms with Crippen LogP contribution in [0.3, 0.4) is 0 Å². The number of amides is 1. The summed E-state index contributed by atoms with van der Waals surface area (Å²) in [4.78, 5) is 14.2. The summed E-state index contributed by atoms with van der Waals surface area (Å²) in [5, 5.41) is 4.43. The maximum atomic E-state index is 12.7. The van der Waals surface area contributed by atoms with Crippen LogP contribution in [0.1, 0.15) is 22.6 Å². The molecule has 126 valence electrons. The molecular weight excluding hydrogens is 313 g/mol. The van der Waals surface area contributed by atoms with Crippen molar-refractivity contribution in [2.45, 2.75) is 32.0 Å². The lowest BCUT2D eigenvalue weighted by atomic mass is 10.1. The molecule has 0 radical (unpaired) electrons. The zero-order valence-electron chi connectivity index (χ0n) is 13.1. The maximum absolute atomic E-state index is 12.7. The number of hydrogen-bond acceptors (Lipinski definition) is 4. The second-order valence-corrected chi connectivity index (χ2v) is 6.00. The number of carbonyl (C=O) groups excluding carboxylic acids is 1. The van der Waals surface area contributed by atoms with E-state index in [0.29, 0.717) is 44.0 Å². The first-order valence-corrected chi connectivity index (χ1v) is 8.02. The van der Waals surface area contributed by atoms with E-state index in [9.17, 15) is 9.18 Å². The molecule has 24 heavy (non-hydrogen) atoms. The number of carbonyl (C=O) groups is 1. The molecule has 2 atom stereocenters. The Balaban J connectivity index is 1.40. The predicted molar refractivity (Wildman–Crippen MR) is 83.3 cm³/mol. The van der Waals surface area contributed by atoms with Crippen LogP contribution >= 0.6 is 0 Å². The van der Waals surface area contributed by atoms with E-state index in [0.717, 1.165) is 5.75 Å². The molecule has 1 fully saturated rings. The number of hydrogen-bond donors (Lipinski definition) is 0. The van der Waals surface area contributed by atoms with Crippen LogP contribution in [0.2, 0.25) is 0 Å². The predicted octanol–water partition coefficient (Wildman–Crippen LogP) is 2.00. The van der Waals surface area contributed by atoms with Crippen LogP contribution in [0.4, 0.5) is 4.39 Å². The standard InChI is InChI=1S/C17H18FN3O3/c18-16-9-14(24-16)10-20-6-7-21-15(17(20)22)8-12(19-21)11-23-13-4-2-1-3-5-13/h1-5,8,14,16H,6-7,9-11H2. The van der Waals surface area contributed by atoms with Gasteiger partial charge in [-0.25, -0.2) is 4.39 Å². The van der Waals surface area contributed by atoms with E-state index in [-0.39, 0.29) is 12.0 Å². The number of ether oxygens (including phenoxy) is 2. The lowest BCUT2D eigenvalue weighted by Crippen LogP contribution is -2.49. The van der Waals surface area contributed by atoms with Gasteiger partial charge in [-0.2, -0.15) is 5.10 Å². The molecule has 1 amide bonds. The second-order valence-electron chi connectivity index (χ2n) is 6.00. The van der Waals surface area contributed by atoms with Gasteiger partial charge in [0.1, 0.15) is 23.7 Å². The fourth-order valence-electron chi connectivity index (χ4n) is 2.98. The number of fused-ring (bicyclic) bond motifs is 1. The van der Waals surface area contributed by atoms with Gasteiger partial charge in [0.25, 0.3) is 5.91 Å². The highest BCUT2D eigenvalue weighted by molar-refractivity contribution is 5.93. The van der Waals surface area contributed by atoms with Gasteiger partial charge in [-0.15, -0.1) is 0 Å². The smallest absolute Gasteiger partial charge is 0.272 e. The molecule has 7 heteroatoms. The molecular formula is C17H18FN3O3. The zero-order chi connectivity index (χ0) is 16.5. The van der Waals surface area contributed by atoms with Gasteiger partial charge >= 0.3 is 0 Å². The van der Waals surface area contributed by atoms with Crippen molar-refractivity contribution < 1.29 is 18.7 Å². The van der Waals surface area contributed by atoms with Gasteiger partial charge in [0, 0.05) is 19.5 Å². The monoisotopic (exact) mass is 331 g/mol. The van der Waals surface area contributed by atoms with Crippen LogP contribution in [0.25, 0.3) is 0 Å². The van der Waals surface area contributed by atoms with Crippen LogP contribution in [-0.2, 0) is 17.9 Å². The molecule has 1 aromatic heterocycles. The minimum Gasteiger partial charge on any atom is -0.487 e. The van der Waals surface area contributed by atoms with Crippen molar-refractivity contribution in [3.8, 4) is 5.75 Å². The zero-order valence-corrected chi connectivity index (χ0v) is 13.1. The largest absolute Gasteiger partial charge is 0.487 e. The summed E-state index contributed by atoms with van der Waals surface area (Å²) in [5.41, 5.74) is 1.26. The second kappa shape index (κ2) is 6.24. The van der Waals surface area contributed by atoms with Crippen molar-refractivity contribution in [1.29, 1.82) is 0 Å². The SMILES string of the molecule is O=C1c2cc(COc3ccccc3)nn2CCN1CC1CC(F)O1. The number of para-hydroxylation sites is 1. The lowest BCUT2D eigenvalue weighted by molar-refractivity contribution is -0.193. The van der Waals surface area contributed by atoms with Crippen molar-refractivity contribution in [2.24, 2.45) is 0 Å². The summed E-state index contributed by atoms with van der Waals surface area (Å²) in [6.07, 6.45) is -1.01. The third kappa shape index (κ3) is 2.99. The Morgan fingerprint density at radius 3 is 2.83 bits per heavy atom. The summed E-state index contributed by atoms with van der Waals surface area (Å²) in [6.45, 7) is 1.92. The quantitative estimate of drug-likeness (QED) is 0.841. The van der Waals surface area contributed by atoms with E-state index in [1.165, 1.54) is 0 Å². The van der Waals surface area contributed by atoms with Crippen molar-refractivity contribution >= 4 is 5.91 Å². The van der Waals surface area contributed by atoms with Crippen molar-refractivity contribution in [2.75, 3.05) is 13.1 Å². The summed E-state index contributed by atoms with van der Waals surface area (Å²) in [5.74, 6) is 0.671. The summed E-state index contributed by atoms with van der Waals surface area (Å²) in [7, 11) is 0. The summed E-state index contributed by atoms with van der Waals surface area (Å²) in [6, 6.07) is 11.2. The van der Waals surface area contributed by atoms with Crippen molar-refractivity contribution in [3.63, 3.8) is 0 Å². The average molecular weight is 331 g/mol. The Labute approximate surface area is 138 Å². The van der Waals surface area contributed by atoms with Crippen molar-refractivity contribution in [3.05, 3.63) is 47.8 Å². The Morgan fingerprint density at radius 1 is 1.29 bits per heavy atom. The van der Waals surface area contributed by atoms with Gasteiger partial charge in [-0.3, -0.25) is 9.48 Å². The first-order chi connectivity index (χ1) is 11.7.